The van der Waals surface area contributed by atoms with Crippen LogP contribution in [-0.4, -0.2) is 24.5 Å². The predicted molar refractivity (Wildman–Crippen MR) is 89.6 cm³/mol. The molecule has 1 atom stereocenters. The average Bonchev–Trinajstić information content (AvgIpc) is 2.53. The van der Waals surface area contributed by atoms with Gasteiger partial charge in [-0.1, -0.05) is 49.1 Å². The predicted octanol–water partition coefficient (Wildman–Crippen LogP) is 4.39. The fraction of sp³-hybridized carbons (Fsp3) is 0.667. The van der Waals surface area contributed by atoms with E-state index in [0.29, 0.717) is 12.0 Å². The lowest BCUT2D eigenvalue weighted by Gasteiger charge is -2.46. The molecule has 0 radical (unpaired) electrons. The maximum absolute atomic E-state index is 6.38. The van der Waals surface area contributed by atoms with Gasteiger partial charge in [0.1, 0.15) is 0 Å². The molecule has 2 N–H and O–H groups in total. The summed E-state index contributed by atoms with van der Waals surface area (Å²) in [5.41, 5.74) is 7.92. The van der Waals surface area contributed by atoms with Crippen LogP contribution < -0.4 is 5.73 Å². The van der Waals surface area contributed by atoms with Crippen LogP contribution in [0, 0.1) is 5.41 Å². The highest BCUT2D eigenvalue weighted by molar-refractivity contribution is 6.31. The Hall–Kier alpha value is -0.570. The first kappa shape index (κ1) is 15.3. The highest BCUT2D eigenvalue weighted by Gasteiger charge is 2.37. The Labute approximate surface area is 133 Å². The van der Waals surface area contributed by atoms with E-state index in [1.54, 1.807) is 0 Å². The highest BCUT2D eigenvalue weighted by atomic mass is 35.5. The van der Waals surface area contributed by atoms with Crippen LogP contribution in [0.3, 0.4) is 0 Å². The number of hydrogen-bond acceptors (Lipinski definition) is 2. The lowest BCUT2D eigenvalue weighted by molar-refractivity contribution is 0.0464. The number of likely N-dealkylation sites (tertiary alicyclic amines) is 1. The molecule has 3 heteroatoms. The van der Waals surface area contributed by atoms with Gasteiger partial charge in [0, 0.05) is 17.6 Å². The molecule has 0 aromatic heterocycles. The third-order valence-corrected chi connectivity index (χ3v) is 6.05. The number of piperidine rings is 1. The SMILES string of the molecule is NCC(c1ccccc1Cl)N1CCC2(CCCCC2)CC1. The second-order valence-electron chi connectivity index (χ2n) is 6.87. The van der Waals surface area contributed by atoms with Gasteiger partial charge in [-0.15, -0.1) is 0 Å². The minimum atomic E-state index is 0.277. The van der Waals surface area contributed by atoms with Crippen molar-refractivity contribution in [1.82, 2.24) is 4.90 Å². The van der Waals surface area contributed by atoms with Gasteiger partial charge < -0.3 is 5.73 Å². The minimum absolute atomic E-state index is 0.277. The van der Waals surface area contributed by atoms with E-state index in [1.807, 2.05) is 12.1 Å². The second-order valence-corrected chi connectivity index (χ2v) is 7.28. The van der Waals surface area contributed by atoms with Crippen LogP contribution in [0.1, 0.15) is 56.6 Å². The molecule has 116 valence electrons. The van der Waals surface area contributed by atoms with Crippen molar-refractivity contribution in [3.8, 4) is 0 Å². The molecule has 1 saturated carbocycles. The van der Waals surface area contributed by atoms with E-state index in [1.165, 1.54) is 63.6 Å². The van der Waals surface area contributed by atoms with Crippen LogP contribution in [0.15, 0.2) is 24.3 Å². The van der Waals surface area contributed by atoms with Crippen molar-refractivity contribution < 1.29 is 0 Å². The third-order valence-electron chi connectivity index (χ3n) is 5.70. The Morgan fingerprint density at radius 2 is 1.71 bits per heavy atom. The van der Waals surface area contributed by atoms with E-state index in [9.17, 15) is 0 Å². The van der Waals surface area contributed by atoms with Crippen molar-refractivity contribution >= 4 is 11.6 Å². The molecule has 1 aromatic carbocycles. The first-order valence-corrected chi connectivity index (χ1v) is 8.80. The van der Waals surface area contributed by atoms with Crippen LogP contribution in [0.4, 0.5) is 0 Å². The Balaban J connectivity index is 1.68. The molecule has 2 fully saturated rings. The van der Waals surface area contributed by atoms with Gasteiger partial charge in [-0.05, 0) is 55.8 Å². The fourth-order valence-corrected chi connectivity index (χ4v) is 4.59. The highest BCUT2D eigenvalue weighted by Crippen LogP contribution is 2.45. The topological polar surface area (TPSA) is 29.3 Å². The summed E-state index contributed by atoms with van der Waals surface area (Å²) in [4.78, 5) is 2.56. The van der Waals surface area contributed by atoms with Gasteiger partial charge in [0.25, 0.3) is 0 Å². The van der Waals surface area contributed by atoms with Crippen LogP contribution in [0.25, 0.3) is 0 Å². The zero-order chi connectivity index (χ0) is 14.7. The molecule has 2 nitrogen and oxygen atoms in total. The number of halogens is 1. The van der Waals surface area contributed by atoms with E-state index in [2.05, 4.69) is 17.0 Å². The molecule has 3 rings (SSSR count). The van der Waals surface area contributed by atoms with Crippen LogP contribution in [0.2, 0.25) is 5.02 Å². The van der Waals surface area contributed by atoms with E-state index in [-0.39, 0.29) is 6.04 Å². The number of rotatable bonds is 3. The van der Waals surface area contributed by atoms with E-state index >= 15 is 0 Å². The number of nitrogens with zero attached hydrogens (tertiary/aromatic N) is 1. The summed E-state index contributed by atoms with van der Waals surface area (Å²) in [6, 6.07) is 8.44. The van der Waals surface area contributed by atoms with Crippen molar-refractivity contribution in [2.45, 2.75) is 51.0 Å². The Morgan fingerprint density at radius 1 is 1.05 bits per heavy atom. The zero-order valence-corrected chi connectivity index (χ0v) is 13.6. The molecule has 0 amide bonds. The minimum Gasteiger partial charge on any atom is -0.329 e. The maximum atomic E-state index is 6.38. The third kappa shape index (κ3) is 3.28. The first-order chi connectivity index (χ1) is 10.2. The maximum Gasteiger partial charge on any atom is 0.0485 e. The second kappa shape index (κ2) is 6.68. The zero-order valence-electron chi connectivity index (χ0n) is 12.9. The standard InChI is InChI=1S/C18H27ClN2/c19-16-7-3-2-6-15(16)17(14-20)21-12-10-18(11-13-21)8-4-1-5-9-18/h2-3,6-7,17H,1,4-5,8-14,20H2. The van der Waals surface area contributed by atoms with Gasteiger partial charge in [-0.25, -0.2) is 0 Å². The molecule has 1 unspecified atom stereocenters. The molecule has 1 spiro atoms. The molecule has 1 saturated heterocycles. The summed E-state index contributed by atoms with van der Waals surface area (Å²) in [7, 11) is 0. The van der Waals surface area contributed by atoms with Crippen molar-refractivity contribution in [2.24, 2.45) is 11.1 Å². The first-order valence-electron chi connectivity index (χ1n) is 8.43. The van der Waals surface area contributed by atoms with Crippen molar-refractivity contribution in [3.63, 3.8) is 0 Å². The van der Waals surface area contributed by atoms with Crippen molar-refractivity contribution in [3.05, 3.63) is 34.9 Å². The molecule has 1 aliphatic carbocycles. The molecule has 1 aliphatic heterocycles. The molecule has 21 heavy (non-hydrogen) atoms. The van der Waals surface area contributed by atoms with E-state index in [0.717, 1.165) is 5.02 Å². The van der Waals surface area contributed by atoms with Crippen LogP contribution >= 0.6 is 11.6 Å². The molecule has 1 aromatic rings. The summed E-state index contributed by atoms with van der Waals surface area (Å²) >= 11 is 6.38. The lowest BCUT2D eigenvalue weighted by atomic mass is 9.68. The largest absolute Gasteiger partial charge is 0.329 e. The average molecular weight is 307 g/mol. The van der Waals surface area contributed by atoms with Crippen molar-refractivity contribution in [2.75, 3.05) is 19.6 Å². The quantitative estimate of drug-likeness (QED) is 0.897. The summed E-state index contributed by atoms with van der Waals surface area (Å²) in [6.07, 6.45) is 9.88. The normalized spacial score (nSPS) is 24.1. The van der Waals surface area contributed by atoms with Gasteiger partial charge in [0.15, 0.2) is 0 Å². The summed E-state index contributed by atoms with van der Waals surface area (Å²) in [6.45, 7) is 3.00. The smallest absolute Gasteiger partial charge is 0.0485 e. The number of hydrogen-bond donors (Lipinski definition) is 1. The Morgan fingerprint density at radius 3 is 2.33 bits per heavy atom. The Bertz CT molecular complexity index is 458. The molecular formula is C18H27ClN2. The van der Waals surface area contributed by atoms with Crippen LogP contribution in [0.5, 0.6) is 0 Å². The molecular weight excluding hydrogens is 280 g/mol. The summed E-state index contributed by atoms with van der Waals surface area (Å²) < 4.78 is 0. The van der Waals surface area contributed by atoms with Gasteiger partial charge in [-0.2, -0.15) is 0 Å². The number of benzene rings is 1. The van der Waals surface area contributed by atoms with E-state index < -0.39 is 0 Å². The van der Waals surface area contributed by atoms with Gasteiger partial charge in [0.2, 0.25) is 0 Å². The molecule has 0 bridgehead atoms. The van der Waals surface area contributed by atoms with Crippen molar-refractivity contribution in [1.29, 1.82) is 0 Å². The van der Waals surface area contributed by atoms with Crippen LogP contribution in [-0.2, 0) is 0 Å². The van der Waals surface area contributed by atoms with E-state index in [4.69, 9.17) is 17.3 Å². The summed E-state index contributed by atoms with van der Waals surface area (Å²) in [5.74, 6) is 0. The Kier molecular flexibility index (Phi) is 4.88. The fourth-order valence-electron chi connectivity index (χ4n) is 4.33. The molecule has 2 aliphatic rings. The van der Waals surface area contributed by atoms with Gasteiger partial charge in [-0.3, -0.25) is 4.90 Å². The van der Waals surface area contributed by atoms with Gasteiger partial charge >= 0.3 is 0 Å². The lowest BCUT2D eigenvalue weighted by Crippen LogP contribution is -2.44. The number of nitrogens with two attached hydrogens (primary N) is 1. The monoisotopic (exact) mass is 306 g/mol. The summed E-state index contributed by atoms with van der Waals surface area (Å²) in [5, 5.41) is 0.853. The van der Waals surface area contributed by atoms with Gasteiger partial charge in [0.05, 0.1) is 0 Å². The molecule has 1 heterocycles.